The molecule has 3 aromatic rings. The van der Waals surface area contributed by atoms with E-state index in [2.05, 4.69) is 15.9 Å². The van der Waals surface area contributed by atoms with Crippen molar-refractivity contribution >= 4 is 17.5 Å². The standard InChI is InChI=1S/C30H35ClN6O2/c1-21-15-23(7-8-28(21)31)30-27-20-36(22(2)38)10-9-29(27)37(33-30)19-26(39)18-35-13-11-34(12-14-35)17-25-6-4-3-5-24(25)16-32/h3-8,15,26,39H,9-14,17-20H2,1-2H3. The number of halogens is 1. The van der Waals surface area contributed by atoms with E-state index in [4.69, 9.17) is 16.7 Å². The first-order valence-electron chi connectivity index (χ1n) is 13.5. The summed E-state index contributed by atoms with van der Waals surface area (Å²) in [6.07, 6.45) is 0.148. The van der Waals surface area contributed by atoms with Gasteiger partial charge in [0.1, 0.15) is 0 Å². The third kappa shape index (κ3) is 6.18. The van der Waals surface area contributed by atoms with E-state index in [1.165, 1.54) is 0 Å². The first-order chi connectivity index (χ1) is 18.8. The minimum atomic E-state index is -0.564. The minimum absolute atomic E-state index is 0.0573. The van der Waals surface area contributed by atoms with Crippen LogP contribution in [-0.4, -0.2) is 80.9 Å². The summed E-state index contributed by atoms with van der Waals surface area (Å²) in [5.74, 6) is 0.0573. The smallest absolute Gasteiger partial charge is 0.219 e. The first-order valence-corrected chi connectivity index (χ1v) is 13.9. The average Bonchev–Trinajstić information content (AvgIpc) is 3.29. The number of hydrogen-bond donors (Lipinski definition) is 1. The number of hydrogen-bond acceptors (Lipinski definition) is 6. The SMILES string of the molecule is CC(=O)N1CCc2c(c(-c3ccc(Cl)c(C)c3)nn2CC(O)CN2CCN(Cc3ccccc3C#N)CC2)C1. The zero-order valence-corrected chi connectivity index (χ0v) is 23.4. The quantitative estimate of drug-likeness (QED) is 0.488. The van der Waals surface area contributed by atoms with Gasteiger partial charge in [-0.2, -0.15) is 10.4 Å². The van der Waals surface area contributed by atoms with E-state index in [-0.39, 0.29) is 5.91 Å². The number of aliphatic hydroxyl groups excluding tert-OH is 1. The number of carbonyl (C=O) groups is 1. The number of nitrogens with zero attached hydrogens (tertiary/aromatic N) is 6. The fourth-order valence-corrected chi connectivity index (χ4v) is 5.75. The van der Waals surface area contributed by atoms with Gasteiger partial charge in [-0.1, -0.05) is 35.9 Å². The van der Waals surface area contributed by atoms with Gasteiger partial charge in [0.25, 0.3) is 0 Å². The largest absolute Gasteiger partial charge is 0.390 e. The van der Waals surface area contributed by atoms with Crippen molar-refractivity contribution in [3.05, 3.63) is 75.4 Å². The van der Waals surface area contributed by atoms with Gasteiger partial charge in [0.15, 0.2) is 0 Å². The van der Waals surface area contributed by atoms with E-state index < -0.39 is 6.10 Å². The van der Waals surface area contributed by atoms with Crippen LogP contribution in [0.15, 0.2) is 42.5 Å². The summed E-state index contributed by atoms with van der Waals surface area (Å²) in [5, 5.41) is 26.1. The fourth-order valence-electron chi connectivity index (χ4n) is 5.63. The van der Waals surface area contributed by atoms with Crippen LogP contribution in [0.3, 0.4) is 0 Å². The molecule has 0 radical (unpaired) electrons. The van der Waals surface area contributed by atoms with Crippen molar-refractivity contribution in [2.24, 2.45) is 0 Å². The van der Waals surface area contributed by atoms with Crippen LogP contribution < -0.4 is 0 Å². The van der Waals surface area contributed by atoms with Crippen LogP contribution in [0.5, 0.6) is 0 Å². The molecule has 1 saturated heterocycles. The van der Waals surface area contributed by atoms with Gasteiger partial charge in [0.05, 0.1) is 30.0 Å². The fraction of sp³-hybridized carbons (Fsp3) is 0.433. The number of piperazine rings is 1. The highest BCUT2D eigenvalue weighted by molar-refractivity contribution is 6.31. The number of amides is 1. The molecule has 9 heteroatoms. The maximum absolute atomic E-state index is 12.1. The number of fused-ring (bicyclic) bond motifs is 1. The molecule has 1 aromatic heterocycles. The molecular weight excluding hydrogens is 512 g/mol. The van der Waals surface area contributed by atoms with E-state index in [9.17, 15) is 15.2 Å². The maximum atomic E-state index is 12.1. The maximum Gasteiger partial charge on any atom is 0.219 e. The van der Waals surface area contributed by atoms with Crippen molar-refractivity contribution in [1.82, 2.24) is 24.5 Å². The minimum Gasteiger partial charge on any atom is -0.390 e. The summed E-state index contributed by atoms with van der Waals surface area (Å²) in [5.41, 5.74) is 6.75. The number of β-amino-alcohol motifs (C(OH)–C–C–N with tert-alkyl or cyclic N) is 1. The molecule has 204 valence electrons. The lowest BCUT2D eigenvalue weighted by Crippen LogP contribution is -2.48. The van der Waals surface area contributed by atoms with E-state index in [1.54, 1.807) is 6.92 Å². The lowest BCUT2D eigenvalue weighted by atomic mass is 9.99. The Labute approximate surface area is 235 Å². The Hall–Kier alpha value is -3.22. The summed E-state index contributed by atoms with van der Waals surface area (Å²) in [4.78, 5) is 18.7. The Bertz CT molecular complexity index is 1390. The highest BCUT2D eigenvalue weighted by atomic mass is 35.5. The molecule has 0 spiro atoms. The van der Waals surface area contributed by atoms with Gasteiger partial charge in [-0.3, -0.25) is 19.3 Å². The second-order valence-corrected chi connectivity index (χ2v) is 11.0. The molecule has 3 heterocycles. The van der Waals surface area contributed by atoms with Crippen LogP contribution in [-0.2, 0) is 30.8 Å². The highest BCUT2D eigenvalue weighted by Gasteiger charge is 2.28. The molecule has 2 aliphatic rings. The van der Waals surface area contributed by atoms with Crippen molar-refractivity contribution in [3.63, 3.8) is 0 Å². The van der Waals surface area contributed by atoms with Gasteiger partial charge >= 0.3 is 0 Å². The number of aromatic nitrogens is 2. The molecule has 8 nitrogen and oxygen atoms in total. The van der Waals surface area contributed by atoms with Crippen molar-refractivity contribution in [3.8, 4) is 17.3 Å². The number of aryl methyl sites for hydroxylation is 1. The zero-order chi connectivity index (χ0) is 27.5. The van der Waals surface area contributed by atoms with Gasteiger partial charge in [-0.25, -0.2) is 0 Å². The number of aliphatic hydroxyl groups is 1. The van der Waals surface area contributed by atoms with E-state index in [0.29, 0.717) is 37.6 Å². The number of carbonyl (C=O) groups excluding carboxylic acids is 1. The molecule has 5 rings (SSSR count). The molecular formula is C30H35ClN6O2. The molecule has 2 aliphatic heterocycles. The molecule has 39 heavy (non-hydrogen) atoms. The Balaban J connectivity index is 1.25. The van der Waals surface area contributed by atoms with Gasteiger partial charge in [0.2, 0.25) is 5.91 Å². The van der Waals surface area contributed by atoms with E-state index in [1.807, 2.05) is 59.0 Å². The molecule has 1 unspecified atom stereocenters. The number of nitriles is 1. The zero-order valence-electron chi connectivity index (χ0n) is 22.6. The Morgan fingerprint density at radius 1 is 1.10 bits per heavy atom. The Kier molecular flexibility index (Phi) is 8.34. The molecule has 0 aliphatic carbocycles. The van der Waals surface area contributed by atoms with E-state index in [0.717, 1.165) is 71.9 Å². The first kappa shape index (κ1) is 27.4. The third-order valence-electron chi connectivity index (χ3n) is 7.86. The molecule has 2 aromatic carbocycles. The second-order valence-electron chi connectivity index (χ2n) is 10.6. The third-order valence-corrected chi connectivity index (χ3v) is 8.28. The highest BCUT2D eigenvalue weighted by Crippen LogP contribution is 2.32. The van der Waals surface area contributed by atoms with Crippen molar-refractivity contribution in [2.45, 2.75) is 46.0 Å². The van der Waals surface area contributed by atoms with Crippen molar-refractivity contribution in [2.75, 3.05) is 39.3 Å². The molecule has 1 atom stereocenters. The predicted molar refractivity (Wildman–Crippen MR) is 151 cm³/mol. The second kappa shape index (κ2) is 11.9. The lowest BCUT2D eigenvalue weighted by molar-refractivity contribution is -0.129. The topological polar surface area (TPSA) is 88.6 Å². The normalized spacial score (nSPS) is 17.1. The number of benzene rings is 2. The van der Waals surface area contributed by atoms with Crippen LogP contribution in [0.1, 0.15) is 34.9 Å². The molecule has 0 bridgehead atoms. The van der Waals surface area contributed by atoms with Crippen LogP contribution in [0, 0.1) is 18.3 Å². The summed E-state index contributed by atoms with van der Waals surface area (Å²) in [7, 11) is 0. The number of rotatable bonds is 7. The van der Waals surface area contributed by atoms with Gasteiger partial charge < -0.3 is 10.0 Å². The monoisotopic (exact) mass is 546 g/mol. The van der Waals surface area contributed by atoms with E-state index >= 15 is 0 Å². The van der Waals surface area contributed by atoms with Crippen LogP contribution in [0.2, 0.25) is 5.02 Å². The summed E-state index contributed by atoms with van der Waals surface area (Å²) < 4.78 is 1.95. The summed E-state index contributed by atoms with van der Waals surface area (Å²) in [6, 6.07) is 15.9. The lowest BCUT2D eigenvalue weighted by Gasteiger charge is -2.35. The molecule has 1 fully saturated rings. The Morgan fingerprint density at radius 2 is 1.85 bits per heavy atom. The molecule has 1 N–H and O–H groups in total. The van der Waals surface area contributed by atoms with Gasteiger partial charge in [0, 0.05) is 87.5 Å². The Morgan fingerprint density at radius 3 is 2.56 bits per heavy atom. The van der Waals surface area contributed by atoms with Crippen molar-refractivity contribution in [1.29, 1.82) is 5.26 Å². The molecule has 1 amide bonds. The summed E-state index contributed by atoms with van der Waals surface area (Å²) in [6.45, 7) is 10.0. The van der Waals surface area contributed by atoms with Crippen LogP contribution >= 0.6 is 11.6 Å². The van der Waals surface area contributed by atoms with Crippen LogP contribution in [0.25, 0.3) is 11.3 Å². The van der Waals surface area contributed by atoms with Gasteiger partial charge in [-0.05, 0) is 36.2 Å². The average molecular weight is 547 g/mol. The van der Waals surface area contributed by atoms with Gasteiger partial charge in [-0.15, -0.1) is 0 Å². The van der Waals surface area contributed by atoms with Crippen molar-refractivity contribution < 1.29 is 9.90 Å². The predicted octanol–water partition coefficient (Wildman–Crippen LogP) is 3.47. The summed E-state index contributed by atoms with van der Waals surface area (Å²) >= 11 is 6.27. The van der Waals surface area contributed by atoms with Crippen LogP contribution in [0.4, 0.5) is 0 Å². The molecule has 0 saturated carbocycles.